The van der Waals surface area contributed by atoms with Crippen LogP contribution in [0.25, 0.3) is 0 Å². The first-order chi connectivity index (χ1) is 12.0. The van der Waals surface area contributed by atoms with Gasteiger partial charge >= 0.3 is 0 Å². The fourth-order valence-electron chi connectivity index (χ4n) is 2.73. The van der Waals surface area contributed by atoms with Crippen LogP contribution in [-0.4, -0.2) is 27.5 Å². The van der Waals surface area contributed by atoms with E-state index in [1.807, 2.05) is 13.0 Å². The van der Waals surface area contributed by atoms with Crippen molar-refractivity contribution in [3.8, 4) is 0 Å². The predicted octanol–water partition coefficient (Wildman–Crippen LogP) is 1.97. The number of rotatable bonds is 5. The van der Waals surface area contributed by atoms with Gasteiger partial charge in [-0.05, 0) is 36.2 Å². The summed E-state index contributed by atoms with van der Waals surface area (Å²) in [6, 6.07) is 9.64. The average molecular weight is 341 g/mol. The fourth-order valence-corrected chi connectivity index (χ4v) is 2.73. The molecular formula is C18H20FN5O. The Morgan fingerprint density at radius 3 is 2.72 bits per heavy atom. The highest BCUT2D eigenvalue weighted by Gasteiger charge is 2.42. The molecule has 7 heteroatoms. The van der Waals surface area contributed by atoms with Crippen LogP contribution in [0.2, 0.25) is 0 Å². The monoisotopic (exact) mass is 341 g/mol. The third-order valence-corrected chi connectivity index (χ3v) is 3.94. The molecule has 1 unspecified atom stereocenters. The SMILES string of the molecule is CCCC(=O)N1NC(c2cccnc2)=NC1(N)Cc1ccc(F)cc1. The van der Waals surface area contributed by atoms with E-state index in [0.29, 0.717) is 18.7 Å². The summed E-state index contributed by atoms with van der Waals surface area (Å²) in [6.07, 6.45) is 4.63. The molecule has 0 spiro atoms. The van der Waals surface area contributed by atoms with Gasteiger partial charge in [-0.15, -0.1) is 0 Å². The molecule has 6 nitrogen and oxygen atoms in total. The van der Waals surface area contributed by atoms with E-state index in [4.69, 9.17) is 5.73 Å². The van der Waals surface area contributed by atoms with Crippen molar-refractivity contribution in [3.05, 3.63) is 65.7 Å². The zero-order valence-corrected chi connectivity index (χ0v) is 13.9. The van der Waals surface area contributed by atoms with E-state index >= 15 is 0 Å². The lowest BCUT2D eigenvalue weighted by Gasteiger charge is -2.32. The Bertz CT molecular complexity index is 778. The predicted molar refractivity (Wildman–Crippen MR) is 92.7 cm³/mol. The minimum atomic E-state index is -1.28. The fraction of sp³-hybridized carbons (Fsp3) is 0.278. The Labute approximate surface area is 145 Å². The van der Waals surface area contributed by atoms with Crippen molar-refractivity contribution >= 4 is 11.7 Å². The molecule has 1 amide bonds. The van der Waals surface area contributed by atoms with E-state index in [2.05, 4.69) is 15.4 Å². The summed E-state index contributed by atoms with van der Waals surface area (Å²) in [5.41, 5.74) is 11.0. The van der Waals surface area contributed by atoms with Gasteiger partial charge in [-0.1, -0.05) is 19.1 Å². The number of nitrogens with one attached hydrogen (secondary N) is 1. The summed E-state index contributed by atoms with van der Waals surface area (Å²) in [5, 5.41) is 1.36. The molecule has 0 saturated carbocycles. The second-order valence-electron chi connectivity index (χ2n) is 5.97. The number of amidine groups is 1. The Balaban J connectivity index is 1.93. The largest absolute Gasteiger partial charge is 0.288 e. The Kier molecular flexibility index (Phi) is 4.76. The molecule has 0 saturated heterocycles. The molecule has 1 aliphatic heterocycles. The molecular weight excluding hydrogens is 321 g/mol. The quantitative estimate of drug-likeness (QED) is 0.871. The van der Waals surface area contributed by atoms with Crippen LogP contribution in [0.5, 0.6) is 0 Å². The Morgan fingerprint density at radius 1 is 1.32 bits per heavy atom. The topological polar surface area (TPSA) is 83.6 Å². The lowest BCUT2D eigenvalue weighted by molar-refractivity contribution is -0.138. The van der Waals surface area contributed by atoms with Crippen molar-refractivity contribution in [1.82, 2.24) is 15.4 Å². The summed E-state index contributed by atoms with van der Waals surface area (Å²) < 4.78 is 13.1. The van der Waals surface area contributed by atoms with Crippen molar-refractivity contribution in [3.63, 3.8) is 0 Å². The number of benzene rings is 1. The second kappa shape index (κ2) is 6.98. The van der Waals surface area contributed by atoms with Gasteiger partial charge in [0.2, 0.25) is 11.7 Å². The summed E-state index contributed by atoms with van der Waals surface area (Å²) in [5.74, 6) is -1.26. The van der Waals surface area contributed by atoms with Crippen LogP contribution in [0.4, 0.5) is 4.39 Å². The third-order valence-electron chi connectivity index (χ3n) is 3.94. The van der Waals surface area contributed by atoms with Crippen molar-refractivity contribution < 1.29 is 9.18 Å². The minimum Gasteiger partial charge on any atom is -0.288 e. The van der Waals surface area contributed by atoms with Gasteiger partial charge in [0, 0.05) is 30.8 Å². The van der Waals surface area contributed by atoms with Gasteiger partial charge in [-0.2, -0.15) is 0 Å². The molecule has 1 aromatic heterocycles. The van der Waals surface area contributed by atoms with Gasteiger partial charge in [-0.3, -0.25) is 20.9 Å². The van der Waals surface area contributed by atoms with Crippen LogP contribution in [0, 0.1) is 5.82 Å². The molecule has 2 aromatic rings. The lowest BCUT2D eigenvalue weighted by Crippen LogP contribution is -2.59. The van der Waals surface area contributed by atoms with Crippen molar-refractivity contribution in [2.75, 3.05) is 0 Å². The molecule has 3 rings (SSSR count). The molecule has 2 heterocycles. The number of nitrogens with zero attached hydrogens (tertiary/aromatic N) is 3. The standard InChI is InChI=1S/C18H20FN5O/c1-2-4-16(25)24-18(20,11-13-6-8-15(19)9-7-13)22-17(23-24)14-5-3-10-21-12-14/h3,5-10,12H,2,4,11,20H2,1H3,(H,22,23). The van der Waals surface area contributed by atoms with Crippen LogP contribution in [0.15, 0.2) is 53.8 Å². The van der Waals surface area contributed by atoms with Crippen molar-refractivity contribution in [2.45, 2.75) is 32.0 Å². The molecule has 0 bridgehead atoms. The number of hydrazine groups is 1. The second-order valence-corrected chi connectivity index (χ2v) is 5.97. The number of hydrogen-bond acceptors (Lipinski definition) is 5. The normalized spacial score (nSPS) is 19.5. The van der Waals surface area contributed by atoms with Crippen LogP contribution in [0.1, 0.15) is 30.9 Å². The molecule has 130 valence electrons. The number of aromatic nitrogens is 1. The number of carbonyl (C=O) groups excluding carboxylic acids is 1. The maximum absolute atomic E-state index is 13.1. The molecule has 1 aliphatic rings. The number of halogens is 1. The summed E-state index contributed by atoms with van der Waals surface area (Å²) in [4.78, 5) is 21.1. The lowest BCUT2D eigenvalue weighted by atomic mass is 10.1. The average Bonchev–Trinajstić information content (AvgIpc) is 2.95. The number of carbonyl (C=O) groups is 1. The zero-order chi connectivity index (χ0) is 17.9. The number of amides is 1. The molecule has 0 aliphatic carbocycles. The maximum Gasteiger partial charge on any atom is 0.244 e. The zero-order valence-electron chi connectivity index (χ0n) is 13.9. The van der Waals surface area contributed by atoms with Crippen LogP contribution < -0.4 is 11.2 Å². The van der Waals surface area contributed by atoms with Gasteiger partial charge in [0.1, 0.15) is 5.82 Å². The summed E-state index contributed by atoms with van der Waals surface area (Å²) in [6.45, 7) is 1.93. The maximum atomic E-state index is 13.1. The number of aliphatic imine (C=N–C) groups is 1. The van der Waals surface area contributed by atoms with Gasteiger partial charge < -0.3 is 0 Å². The summed E-state index contributed by atoms with van der Waals surface area (Å²) >= 11 is 0. The highest BCUT2D eigenvalue weighted by Crippen LogP contribution is 2.23. The van der Waals surface area contributed by atoms with E-state index < -0.39 is 5.79 Å². The van der Waals surface area contributed by atoms with Gasteiger partial charge in [0.25, 0.3) is 0 Å². The van der Waals surface area contributed by atoms with E-state index in [-0.39, 0.29) is 18.1 Å². The number of pyridine rings is 1. The highest BCUT2D eigenvalue weighted by atomic mass is 19.1. The third kappa shape index (κ3) is 3.66. The highest BCUT2D eigenvalue weighted by molar-refractivity contribution is 6.01. The minimum absolute atomic E-state index is 0.144. The molecule has 3 N–H and O–H groups in total. The first-order valence-corrected chi connectivity index (χ1v) is 8.15. The van der Waals surface area contributed by atoms with E-state index in [0.717, 1.165) is 11.1 Å². The van der Waals surface area contributed by atoms with Gasteiger partial charge in [0.15, 0.2) is 5.84 Å². The van der Waals surface area contributed by atoms with Crippen LogP contribution in [0.3, 0.4) is 0 Å². The first-order valence-electron chi connectivity index (χ1n) is 8.15. The Hall–Kier alpha value is -2.80. The van der Waals surface area contributed by atoms with Gasteiger partial charge in [-0.25, -0.2) is 14.4 Å². The van der Waals surface area contributed by atoms with Crippen LogP contribution in [-0.2, 0) is 11.2 Å². The first kappa shape index (κ1) is 17.0. The molecule has 1 aromatic carbocycles. The van der Waals surface area contributed by atoms with Crippen molar-refractivity contribution in [2.24, 2.45) is 10.7 Å². The van der Waals surface area contributed by atoms with E-state index in [9.17, 15) is 9.18 Å². The van der Waals surface area contributed by atoms with E-state index in [1.165, 1.54) is 17.1 Å². The Morgan fingerprint density at radius 2 is 2.08 bits per heavy atom. The van der Waals surface area contributed by atoms with Crippen LogP contribution >= 0.6 is 0 Å². The smallest absolute Gasteiger partial charge is 0.244 e. The molecule has 0 radical (unpaired) electrons. The molecule has 0 fully saturated rings. The van der Waals surface area contributed by atoms with E-state index in [1.54, 1.807) is 30.6 Å². The van der Waals surface area contributed by atoms with Gasteiger partial charge in [0.05, 0.1) is 0 Å². The number of hydrogen-bond donors (Lipinski definition) is 2. The summed E-state index contributed by atoms with van der Waals surface area (Å²) in [7, 11) is 0. The molecule has 25 heavy (non-hydrogen) atoms. The number of nitrogens with two attached hydrogens (primary N) is 1. The van der Waals surface area contributed by atoms with Crippen molar-refractivity contribution in [1.29, 1.82) is 0 Å². The molecule has 1 atom stereocenters.